The van der Waals surface area contributed by atoms with Crippen LogP contribution in [0, 0.1) is 6.92 Å². The van der Waals surface area contributed by atoms with E-state index in [1.54, 1.807) is 7.11 Å². The van der Waals surface area contributed by atoms with Crippen molar-refractivity contribution in [2.75, 3.05) is 14.2 Å². The molecular weight excluding hydrogens is 238 g/mol. The molecule has 19 heavy (non-hydrogen) atoms. The van der Waals surface area contributed by atoms with E-state index in [-0.39, 0.29) is 0 Å². The van der Waals surface area contributed by atoms with Crippen molar-refractivity contribution in [3.63, 3.8) is 0 Å². The Labute approximate surface area is 114 Å². The van der Waals surface area contributed by atoms with Crippen molar-refractivity contribution in [1.29, 1.82) is 0 Å². The van der Waals surface area contributed by atoms with E-state index in [2.05, 4.69) is 42.6 Å². The predicted molar refractivity (Wildman–Crippen MR) is 76.5 cm³/mol. The first-order valence-corrected chi connectivity index (χ1v) is 6.47. The van der Waals surface area contributed by atoms with Crippen LogP contribution in [0.3, 0.4) is 0 Å². The minimum Gasteiger partial charge on any atom is -0.496 e. The summed E-state index contributed by atoms with van der Waals surface area (Å²) in [4.78, 5) is 0. The third-order valence-corrected chi connectivity index (χ3v) is 3.35. The quantitative estimate of drug-likeness (QED) is 0.897. The summed E-state index contributed by atoms with van der Waals surface area (Å²) in [6, 6.07) is 6.51. The predicted octanol–water partition coefficient (Wildman–Crippen LogP) is 2.53. The lowest BCUT2D eigenvalue weighted by atomic mass is 10.1. The molecule has 0 radical (unpaired) electrons. The SMILES string of the molecule is CNC(C)c1cnn(Cc2cc(C)ccc2OC)c1. The number of benzene rings is 1. The van der Waals surface area contributed by atoms with Crippen molar-refractivity contribution in [3.8, 4) is 5.75 Å². The minimum absolute atomic E-state index is 0.313. The van der Waals surface area contributed by atoms with E-state index in [9.17, 15) is 0 Å². The standard InChI is InChI=1S/C15H21N3O/c1-11-5-6-15(19-4)13(7-11)9-18-10-14(8-17-18)12(2)16-3/h5-8,10,12,16H,9H2,1-4H3. The highest BCUT2D eigenvalue weighted by Gasteiger charge is 2.08. The summed E-state index contributed by atoms with van der Waals surface area (Å²) in [6.07, 6.45) is 3.98. The van der Waals surface area contributed by atoms with Gasteiger partial charge in [0.25, 0.3) is 0 Å². The van der Waals surface area contributed by atoms with Gasteiger partial charge in [-0.15, -0.1) is 0 Å². The van der Waals surface area contributed by atoms with Crippen LogP contribution in [0.2, 0.25) is 0 Å². The fraction of sp³-hybridized carbons (Fsp3) is 0.400. The van der Waals surface area contributed by atoms with Crippen molar-refractivity contribution in [1.82, 2.24) is 15.1 Å². The molecule has 0 aliphatic heterocycles. The first kappa shape index (κ1) is 13.6. The van der Waals surface area contributed by atoms with E-state index in [1.165, 1.54) is 11.1 Å². The zero-order chi connectivity index (χ0) is 13.8. The molecule has 0 saturated heterocycles. The second-order valence-electron chi connectivity index (χ2n) is 4.80. The second kappa shape index (κ2) is 5.89. The number of nitrogens with one attached hydrogen (secondary N) is 1. The Kier molecular flexibility index (Phi) is 4.22. The van der Waals surface area contributed by atoms with Gasteiger partial charge < -0.3 is 10.1 Å². The molecule has 4 heteroatoms. The molecule has 2 aromatic rings. The maximum atomic E-state index is 5.39. The van der Waals surface area contributed by atoms with Crippen molar-refractivity contribution >= 4 is 0 Å². The lowest BCUT2D eigenvalue weighted by molar-refractivity contribution is 0.407. The molecule has 0 aliphatic carbocycles. The van der Waals surface area contributed by atoms with Gasteiger partial charge in [-0.2, -0.15) is 5.10 Å². The number of aromatic nitrogens is 2. The second-order valence-corrected chi connectivity index (χ2v) is 4.80. The summed E-state index contributed by atoms with van der Waals surface area (Å²) in [5, 5.41) is 7.62. The van der Waals surface area contributed by atoms with Gasteiger partial charge in [0.05, 0.1) is 19.9 Å². The number of hydrogen-bond donors (Lipinski definition) is 1. The van der Waals surface area contributed by atoms with Crippen LogP contribution in [0.15, 0.2) is 30.6 Å². The van der Waals surface area contributed by atoms with Crippen molar-refractivity contribution in [2.45, 2.75) is 26.4 Å². The Hall–Kier alpha value is -1.81. The Bertz CT molecular complexity index is 548. The van der Waals surface area contributed by atoms with Crippen molar-refractivity contribution in [2.24, 2.45) is 0 Å². The zero-order valence-corrected chi connectivity index (χ0v) is 12.0. The minimum atomic E-state index is 0.313. The molecule has 1 aromatic heterocycles. The molecule has 1 N–H and O–H groups in total. The zero-order valence-electron chi connectivity index (χ0n) is 12.0. The average Bonchev–Trinajstić information content (AvgIpc) is 2.86. The molecule has 1 unspecified atom stereocenters. The van der Waals surface area contributed by atoms with Gasteiger partial charge in [0.1, 0.15) is 5.75 Å². The highest BCUT2D eigenvalue weighted by atomic mass is 16.5. The largest absolute Gasteiger partial charge is 0.496 e. The van der Waals surface area contributed by atoms with Gasteiger partial charge in [-0.05, 0) is 27.0 Å². The Morgan fingerprint density at radius 3 is 2.89 bits per heavy atom. The summed E-state index contributed by atoms with van der Waals surface area (Å²) in [6.45, 7) is 4.93. The molecule has 0 amide bonds. The molecule has 1 heterocycles. The van der Waals surface area contributed by atoms with Crippen LogP contribution in [-0.2, 0) is 6.54 Å². The molecule has 1 aromatic carbocycles. The molecule has 0 saturated carbocycles. The molecule has 102 valence electrons. The van der Waals surface area contributed by atoms with Crippen LogP contribution >= 0.6 is 0 Å². The van der Waals surface area contributed by atoms with Gasteiger partial charge in [-0.1, -0.05) is 17.7 Å². The lowest BCUT2D eigenvalue weighted by Gasteiger charge is -2.10. The molecule has 2 rings (SSSR count). The Morgan fingerprint density at radius 2 is 2.21 bits per heavy atom. The van der Waals surface area contributed by atoms with Gasteiger partial charge in [0.15, 0.2) is 0 Å². The van der Waals surface area contributed by atoms with Gasteiger partial charge in [-0.3, -0.25) is 4.68 Å². The maximum Gasteiger partial charge on any atom is 0.123 e. The summed E-state index contributed by atoms with van der Waals surface area (Å²) in [7, 11) is 3.65. The highest BCUT2D eigenvalue weighted by molar-refractivity contribution is 5.37. The first-order chi connectivity index (χ1) is 9.13. The normalized spacial score (nSPS) is 12.4. The smallest absolute Gasteiger partial charge is 0.123 e. The average molecular weight is 259 g/mol. The van der Waals surface area contributed by atoms with Crippen LogP contribution in [-0.4, -0.2) is 23.9 Å². The van der Waals surface area contributed by atoms with E-state index in [0.29, 0.717) is 6.04 Å². The van der Waals surface area contributed by atoms with E-state index >= 15 is 0 Å². The fourth-order valence-corrected chi connectivity index (χ4v) is 2.06. The lowest BCUT2D eigenvalue weighted by Crippen LogP contribution is -2.11. The third kappa shape index (κ3) is 3.15. The van der Waals surface area contributed by atoms with Gasteiger partial charge >= 0.3 is 0 Å². The number of rotatable bonds is 5. The van der Waals surface area contributed by atoms with Crippen LogP contribution in [0.4, 0.5) is 0 Å². The van der Waals surface area contributed by atoms with Crippen LogP contribution in [0.5, 0.6) is 5.75 Å². The summed E-state index contributed by atoms with van der Waals surface area (Å²) in [5.41, 5.74) is 3.56. The monoisotopic (exact) mass is 259 g/mol. The molecule has 0 bridgehead atoms. The molecule has 0 aliphatic rings. The van der Waals surface area contributed by atoms with Gasteiger partial charge in [0, 0.05) is 23.4 Å². The maximum absolute atomic E-state index is 5.39. The first-order valence-electron chi connectivity index (χ1n) is 6.47. The van der Waals surface area contributed by atoms with Crippen LogP contribution < -0.4 is 10.1 Å². The number of aryl methyl sites for hydroxylation is 1. The number of ether oxygens (including phenoxy) is 1. The third-order valence-electron chi connectivity index (χ3n) is 3.35. The Balaban J connectivity index is 2.21. The summed E-state index contributed by atoms with van der Waals surface area (Å²) >= 11 is 0. The molecule has 0 fully saturated rings. The van der Waals surface area contributed by atoms with E-state index in [4.69, 9.17) is 4.74 Å². The van der Waals surface area contributed by atoms with Crippen LogP contribution in [0.25, 0.3) is 0 Å². The van der Waals surface area contributed by atoms with Crippen molar-refractivity contribution in [3.05, 3.63) is 47.3 Å². The summed E-state index contributed by atoms with van der Waals surface area (Å²) < 4.78 is 7.34. The van der Waals surface area contributed by atoms with E-state index in [0.717, 1.165) is 17.9 Å². The van der Waals surface area contributed by atoms with E-state index in [1.807, 2.05) is 24.0 Å². The topological polar surface area (TPSA) is 39.1 Å². The Morgan fingerprint density at radius 1 is 1.42 bits per heavy atom. The highest BCUT2D eigenvalue weighted by Crippen LogP contribution is 2.21. The molecular formula is C15H21N3O. The molecule has 1 atom stereocenters. The summed E-state index contributed by atoms with van der Waals surface area (Å²) in [5.74, 6) is 0.907. The van der Waals surface area contributed by atoms with Gasteiger partial charge in [-0.25, -0.2) is 0 Å². The van der Waals surface area contributed by atoms with Crippen molar-refractivity contribution < 1.29 is 4.74 Å². The van der Waals surface area contributed by atoms with Gasteiger partial charge in [0.2, 0.25) is 0 Å². The van der Waals surface area contributed by atoms with E-state index < -0.39 is 0 Å². The number of methoxy groups -OCH3 is 1. The number of hydrogen-bond acceptors (Lipinski definition) is 3. The van der Waals surface area contributed by atoms with Crippen LogP contribution in [0.1, 0.15) is 29.7 Å². The number of nitrogens with zero attached hydrogens (tertiary/aromatic N) is 2. The fourth-order valence-electron chi connectivity index (χ4n) is 2.06. The molecule has 4 nitrogen and oxygen atoms in total. The molecule has 0 spiro atoms.